The van der Waals surface area contributed by atoms with Crippen molar-refractivity contribution in [3.8, 4) is 0 Å². The Labute approximate surface area is 102 Å². The molecule has 0 rings (SSSR count). The second kappa shape index (κ2) is 10.3. The molecule has 0 saturated heterocycles. The molecule has 5 heteroatoms. The van der Waals surface area contributed by atoms with Crippen LogP contribution < -0.4 is 0 Å². The zero-order valence-corrected chi connectivity index (χ0v) is 12.7. The molecule has 0 saturated carbocycles. The first-order valence-corrected chi connectivity index (χ1v) is 9.70. The largest absolute Gasteiger partial charge is 0.513 e. The van der Waals surface area contributed by atoms with Gasteiger partial charge in [0.25, 0.3) is 0 Å². The summed E-state index contributed by atoms with van der Waals surface area (Å²) in [6, 6.07) is 0. The van der Waals surface area contributed by atoms with Gasteiger partial charge in [0.15, 0.2) is 0 Å². The molecule has 0 radical (unpaired) electrons. The topological polar surface area (TPSA) is 35.5 Å². The van der Waals surface area contributed by atoms with Crippen LogP contribution in [0.4, 0.5) is 4.79 Å². The quantitative estimate of drug-likeness (QED) is 0.592. The van der Waals surface area contributed by atoms with Gasteiger partial charge in [-0.3, -0.25) is 0 Å². The van der Waals surface area contributed by atoms with Gasteiger partial charge in [0.1, 0.15) is 0 Å². The third-order valence-electron chi connectivity index (χ3n) is 2.11. The van der Waals surface area contributed by atoms with Gasteiger partial charge in [-0.05, 0) is 26.2 Å². The fourth-order valence-electron chi connectivity index (χ4n) is 1.12. The molecule has 3 nitrogen and oxygen atoms in total. The molecular formula is C11H24O3P2. The number of hydrogen-bond donors (Lipinski definition) is 0. The molecular weight excluding hydrogens is 242 g/mol. The van der Waals surface area contributed by atoms with Crippen LogP contribution >= 0.6 is 16.3 Å². The summed E-state index contributed by atoms with van der Waals surface area (Å²) in [5.74, 6) is 0. The molecule has 0 heterocycles. The lowest BCUT2D eigenvalue weighted by Crippen LogP contribution is -2.03. The van der Waals surface area contributed by atoms with Crippen LogP contribution in [0.2, 0.25) is 0 Å². The summed E-state index contributed by atoms with van der Waals surface area (Å²) in [5.41, 5.74) is 0. The van der Waals surface area contributed by atoms with Crippen LogP contribution in [0.1, 0.15) is 39.5 Å². The van der Waals surface area contributed by atoms with Crippen molar-refractivity contribution >= 4 is 22.5 Å². The summed E-state index contributed by atoms with van der Waals surface area (Å²) in [4.78, 5) is 11.4. The zero-order chi connectivity index (χ0) is 12.4. The minimum atomic E-state index is -0.634. The van der Waals surface area contributed by atoms with E-state index in [0.29, 0.717) is 0 Å². The molecule has 0 spiro atoms. The molecule has 0 N–H and O–H groups in total. The minimum Gasteiger partial charge on any atom is -0.414 e. The van der Waals surface area contributed by atoms with Gasteiger partial charge in [0.05, 0.1) is 16.3 Å². The summed E-state index contributed by atoms with van der Waals surface area (Å²) in [7, 11) is -1.27. The van der Waals surface area contributed by atoms with Crippen molar-refractivity contribution in [1.29, 1.82) is 0 Å². The lowest BCUT2D eigenvalue weighted by atomic mass is 10.4. The Balaban J connectivity index is 3.63. The number of hydrogen-bond acceptors (Lipinski definition) is 3. The van der Waals surface area contributed by atoms with Crippen molar-refractivity contribution in [2.24, 2.45) is 0 Å². The Kier molecular flexibility index (Phi) is 10.4. The van der Waals surface area contributed by atoms with Crippen molar-refractivity contribution in [3.63, 3.8) is 0 Å². The van der Waals surface area contributed by atoms with Crippen molar-refractivity contribution in [1.82, 2.24) is 0 Å². The summed E-state index contributed by atoms with van der Waals surface area (Å²) in [5, 5.41) is 0. The standard InChI is InChI=1S/C11H24O3P2/c1-5-7-9-15(3)13-11(12)14-16(4)10-8-6-2/h5-10H2,1-4H3. The molecule has 0 fully saturated rings. The summed E-state index contributed by atoms with van der Waals surface area (Å²) < 4.78 is 10.4. The highest BCUT2D eigenvalue weighted by Crippen LogP contribution is 2.38. The molecule has 2 atom stereocenters. The molecule has 0 amide bonds. The molecule has 0 aliphatic carbocycles. The SMILES string of the molecule is CCCCP(C)OC(=O)OP(C)CCCC. The fourth-order valence-corrected chi connectivity index (χ4v) is 3.47. The summed E-state index contributed by atoms with van der Waals surface area (Å²) >= 11 is 0. The number of carbonyl (C=O) groups is 1. The third-order valence-corrected chi connectivity index (χ3v) is 4.93. The second-order valence-electron chi connectivity index (χ2n) is 3.84. The van der Waals surface area contributed by atoms with E-state index in [1.54, 1.807) is 0 Å². The predicted octanol–water partition coefficient (Wildman–Crippen LogP) is 4.79. The molecule has 2 unspecified atom stereocenters. The van der Waals surface area contributed by atoms with E-state index in [2.05, 4.69) is 13.8 Å². The van der Waals surface area contributed by atoms with E-state index in [9.17, 15) is 4.79 Å². The Morgan fingerprint density at radius 1 is 0.938 bits per heavy atom. The second-order valence-corrected chi connectivity index (χ2v) is 7.61. The van der Waals surface area contributed by atoms with Crippen molar-refractivity contribution < 1.29 is 13.8 Å². The van der Waals surface area contributed by atoms with Crippen LogP contribution in [0.15, 0.2) is 0 Å². The normalized spacial score (nSPS) is 14.2. The van der Waals surface area contributed by atoms with E-state index in [0.717, 1.165) is 38.0 Å². The van der Waals surface area contributed by atoms with E-state index < -0.39 is 22.5 Å². The smallest absolute Gasteiger partial charge is 0.414 e. The highest BCUT2D eigenvalue weighted by Gasteiger charge is 2.14. The molecule has 0 aliphatic heterocycles. The third kappa shape index (κ3) is 9.36. The molecule has 16 heavy (non-hydrogen) atoms. The van der Waals surface area contributed by atoms with Crippen molar-refractivity contribution in [2.45, 2.75) is 39.5 Å². The summed E-state index contributed by atoms with van der Waals surface area (Å²) in [6.07, 6.45) is 6.02. The van der Waals surface area contributed by atoms with Gasteiger partial charge in [0.2, 0.25) is 0 Å². The van der Waals surface area contributed by atoms with Crippen LogP contribution in [0.3, 0.4) is 0 Å². The number of unbranched alkanes of at least 4 members (excludes halogenated alkanes) is 2. The van der Waals surface area contributed by atoms with E-state index in [1.165, 1.54) is 0 Å². The lowest BCUT2D eigenvalue weighted by Gasteiger charge is -2.15. The van der Waals surface area contributed by atoms with Gasteiger partial charge in [0, 0.05) is 12.3 Å². The van der Waals surface area contributed by atoms with E-state index in [1.807, 2.05) is 13.3 Å². The Morgan fingerprint density at radius 2 is 1.31 bits per heavy atom. The molecule has 0 bridgehead atoms. The molecule has 0 aromatic rings. The van der Waals surface area contributed by atoms with E-state index in [-0.39, 0.29) is 0 Å². The van der Waals surface area contributed by atoms with Crippen LogP contribution in [-0.4, -0.2) is 31.8 Å². The van der Waals surface area contributed by atoms with E-state index >= 15 is 0 Å². The molecule has 96 valence electrons. The van der Waals surface area contributed by atoms with Crippen LogP contribution in [0.25, 0.3) is 0 Å². The first kappa shape index (κ1) is 16.1. The highest BCUT2D eigenvalue weighted by atomic mass is 31.1. The Hall–Kier alpha value is 0.130. The number of rotatable bonds is 8. The first-order valence-electron chi connectivity index (χ1n) is 5.92. The van der Waals surface area contributed by atoms with Crippen molar-refractivity contribution in [2.75, 3.05) is 25.7 Å². The van der Waals surface area contributed by atoms with Crippen LogP contribution in [0.5, 0.6) is 0 Å². The fraction of sp³-hybridized carbons (Fsp3) is 0.909. The number of carbonyl (C=O) groups excluding carboxylic acids is 1. The van der Waals surface area contributed by atoms with Crippen LogP contribution in [-0.2, 0) is 9.05 Å². The van der Waals surface area contributed by atoms with Gasteiger partial charge in [-0.2, -0.15) is 0 Å². The van der Waals surface area contributed by atoms with Crippen LogP contribution in [0, 0.1) is 0 Å². The predicted molar refractivity (Wildman–Crippen MR) is 72.8 cm³/mol. The average molecular weight is 266 g/mol. The highest BCUT2D eigenvalue weighted by molar-refractivity contribution is 7.53. The zero-order valence-electron chi connectivity index (χ0n) is 10.9. The van der Waals surface area contributed by atoms with E-state index in [4.69, 9.17) is 9.05 Å². The minimum absolute atomic E-state index is 0.463. The van der Waals surface area contributed by atoms with Gasteiger partial charge >= 0.3 is 6.16 Å². The van der Waals surface area contributed by atoms with Crippen molar-refractivity contribution in [3.05, 3.63) is 0 Å². The molecule has 0 aromatic heterocycles. The first-order chi connectivity index (χ1) is 7.60. The lowest BCUT2D eigenvalue weighted by molar-refractivity contribution is 0.162. The van der Waals surface area contributed by atoms with Gasteiger partial charge in [-0.15, -0.1) is 0 Å². The monoisotopic (exact) mass is 266 g/mol. The maximum Gasteiger partial charge on any atom is 0.513 e. The Bertz CT molecular complexity index is 170. The van der Waals surface area contributed by atoms with Gasteiger partial charge in [-0.1, -0.05) is 26.7 Å². The molecule has 0 aromatic carbocycles. The maximum absolute atomic E-state index is 11.4. The maximum atomic E-state index is 11.4. The van der Waals surface area contributed by atoms with Gasteiger partial charge < -0.3 is 9.05 Å². The molecule has 0 aliphatic rings. The van der Waals surface area contributed by atoms with Gasteiger partial charge in [-0.25, -0.2) is 4.79 Å². The summed E-state index contributed by atoms with van der Waals surface area (Å²) in [6.45, 7) is 8.24. The average Bonchev–Trinajstić information content (AvgIpc) is 2.23. The Morgan fingerprint density at radius 3 is 1.62 bits per heavy atom.